The van der Waals surface area contributed by atoms with Crippen LogP contribution in [0.1, 0.15) is 24.5 Å². The lowest BCUT2D eigenvalue weighted by molar-refractivity contribution is 0.168. The van der Waals surface area contributed by atoms with Crippen LogP contribution in [0.2, 0.25) is 0 Å². The van der Waals surface area contributed by atoms with Crippen LogP contribution in [0.4, 0.5) is 0 Å². The minimum atomic E-state index is -0.610. The maximum atomic E-state index is 10.3. The molecule has 0 heterocycles. The van der Waals surface area contributed by atoms with Crippen molar-refractivity contribution in [2.75, 3.05) is 40.9 Å². The van der Waals surface area contributed by atoms with Crippen LogP contribution in [0, 0.1) is 0 Å². The first-order valence-corrected chi connectivity index (χ1v) is 7.46. The van der Waals surface area contributed by atoms with Gasteiger partial charge in [-0.3, -0.25) is 0 Å². The molecule has 0 aliphatic heterocycles. The highest BCUT2D eigenvalue weighted by Gasteiger charge is 2.25. The molecular weight excluding hydrogens is 268 g/mol. The molecule has 0 radical (unpaired) electrons. The first-order chi connectivity index (χ1) is 10.2. The van der Waals surface area contributed by atoms with Crippen molar-refractivity contribution in [3.05, 3.63) is 23.8 Å². The fourth-order valence-electron chi connectivity index (χ4n) is 2.40. The van der Waals surface area contributed by atoms with E-state index in [0.717, 1.165) is 30.4 Å². The molecule has 0 amide bonds. The van der Waals surface area contributed by atoms with E-state index in [0.29, 0.717) is 12.3 Å². The SMILES string of the molecule is COc1ccc(OC)c(C(O)CNCCN(C)C2CC2)c1. The molecule has 5 heteroatoms. The first kappa shape index (κ1) is 16.1. The lowest BCUT2D eigenvalue weighted by Gasteiger charge is -2.19. The second kappa shape index (κ2) is 7.64. The van der Waals surface area contributed by atoms with E-state index in [2.05, 4.69) is 17.3 Å². The second-order valence-corrected chi connectivity index (χ2v) is 5.54. The highest BCUT2D eigenvalue weighted by molar-refractivity contribution is 5.41. The van der Waals surface area contributed by atoms with E-state index in [1.165, 1.54) is 12.8 Å². The number of hydrogen-bond donors (Lipinski definition) is 2. The lowest BCUT2D eigenvalue weighted by Crippen LogP contribution is -2.32. The Bertz CT molecular complexity index is 449. The Morgan fingerprint density at radius 3 is 2.71 bits per heavy atom. The van der Waals surface area contributed by atoms with E-state index in [-0.39, 0.29) is 0 Å². The zero-order valence-corrected chi connectivity index (χ0v) is 13.1. The summed E-state index contributed by atoms with van der Waals surface area (Å²) in [6, 6.07) is 6.24. The Kier molecular flexibility index (Phi) is 5.85. The first-order valence-electron chi connectivity index (χ1n) is 7.46. The van der Waals surface area contributed by atoms with Gasteiger partial charge in [-0.05, 0) is 38.1 Å². The molecule has 1 saturated carbocycles. The van der Waals surface area contributed by atoms with E-state index in [4.69, 9.17) is 9.47 Å². The third-order valence-electron chi connectivity index (χ3n) is 3.95. The van der Waals surface area contributed by atoms with Crippen LogP contribution in [0.25, 0.3) is 0 Å². The smallest absolute Gasteiger partial charge is 0.124 e. The number of aliphatic hydroxyl groups is 1. The molecule has 118 valence electrons. The Balaban J connectivity index is 1.82. The number of nitrogens with one attached hydrogen (secondary N) is 1. The Labute approximate surface area is 126 Å². The molecule has 0 saturated heterocycles. The predicted octanol–water partition coefficient (Wildman–Crippen LogP) is 1.42. The van der Waals surface area contributed by atoms with Gasteiger partial charge in [0.05, 0.1) is 20.3 Å². The van der Waals surface area contributed by atoms with E-state index in [1.54, 1.807) is 14.2 Å². The third-order valence-corrected chi connectivity index (χ3v) is 3.95. The van der Waals surface area contributed by atoms with Gasteiger partial charge in [0, 0.05) is 31.2 Å². The summed E-state index contributed by atoms with van der Waals surface area (Å²) in [6.07, 6.45) is 2.03. The number of methoxy groups -OCH3 is 2. The fourth-order valence-corrected chi connectivity index (χ4v) is 2.40. The van der Waals surface area contributed by atoms with Crippen molar-refractivity contribution in [3.8, 4) is 11.5 Å². The Morgan fingerprint density at radius 1 is 1.33 bits per heavy atom. The zero-order chi connectivity index (χ0) is 15.2. The molecule has 5 nitrogen and oxygen atoms in total. The lowest BCUT2D eigenvalue weighted by atomic mass is 10.1. The molecule has 21 heavy (non-hydrogen) atoms. The molecule has 0 bridgehead atoms. The van der Waals surface area contributed by atoms with E-state index in [1.807, 2.05) is 18.2 Å². The van der Waals surface area contributed by atoms with Crippen LogP contribution in [-0.2, 0) is 0 Å². The molecule has 1 aliphatic carbocycles. The number of aliphatic hydroxyl groups excluding tert-OH is 1. The highest BCUT2D eigenvalue weighted by Crippen LogP contribution is 2.29. The molecule has 1 unspecified atom stereocenters. The maximum Gasteiger partial charge on any atom is 0.124 e. The summed E-state index contributed by atoms with van der Waals surface area (Å²) in [4.78, 5) is 2.37. The monoisotopic (exact) mass is 294 g/mol. The second-order valence-electron chi connectivity index (χ2n) is 5.54. The van der Waals surface area contributed by atoms with Crippen LogP contribution in [-0.4, -0.2) is 56.9 Å². The molecule has 1 aromatic rings. The van der Waals surface area contributed by atoms with E-state index < -0.39 is 6.10 Å². The average molecular weight is 294 g/mol. The minimum Gasteiger partial charge on any atom is -0.497 e. The molecular formula is C16H26N2O3. The Hall–Kier alpha value is -1.30. The van der Waals surface area contributed by atoms with Crippen LogP contribution < -0.4 is 14.8 Å². The number of nitrogens with zero attached hydrogens (tertiary/aromatic N) is 1. The zero-order valence-electron chi connectivity index (χ0n) is 13.1. The van der Waals surface area contributed by atoms with Gasteiger partial charge in [-0.1, -0.05) is 0 Å². The number of likely N-dealkylation sites (N-methyl/N-ethyl adjacent to an activating group) is 1. The van der Waals surface area contributed by atoms with Crippen molar-refractivity contribution in [2.45, 2.75) is 25.0 Å². The van der Waals surface area contributed by atoms with Gasteiger partial charge in [0.2, 0.25) is 0 Å². The number of benzene rings is 1. The maximum absolute atomic E-state index is 10.3. The van der Waals surface area contributed by atoms with E-state index in [9.17, 15) is 5.11 Å². The van der Waals surface area contributed by atoms with Crippen molar-refractivity contribution < 1.29 is 14.6 Å². The summed E-state index contributed by atoms with van der Waals surface area (Å²) < 4.78 is 10.5. The van der Waals surface area contributed by atoms with Crippen LogP contribution in [0.5, 0.6) is 11.5 Å². The molecule has 2 rings (SSSR count). The summed E-state index contributed by atoms with van der Waals surface area (Å²) in [5.74, 6) is 1.40. The highest BCUT2D eigenvalue weighted by atomic mass is 16.5. The minimum absolute atomic E-state index is 0.502. The van der Waals surface area contributed by atoms with Crippen molar-refractivity contribution >= 4 is 0 Å². The summed E-state index contributed by atoms with van der Waals surface area (Å²) in [5.41, 5.74) is 0.750. The van der Waals surface area contributed by atoms with E-state index >= 15 is 0 Å². The van der Waals surface area contributed by atoms with Crippen LogP contribution in [0.15, 0.2) is 18.2 Å². The number of rotatable bonds is 9. The average Bonchev–Trinajstić information content (AvgIpc) is 3.35. The van der Waals surface area contributed by atoms with Gasteiger partial charge >= 0.3 is 0 Å². The molecule has 1 atom stereocenters. The molecule has 1 aromatic carbocycles. The standard InChI is InChI=1S/C16H26N2O3/c1-18(12-4-5-12)9-8-17-11-15(19)14-10-13(20-2)6-7-16(14)21-3/h6-7,10,12,15,17,19H,4-5,8-9,11H2,1-3H3. The summed E-state index contributed by atoms with van der Waals surface area (Å²) >= 11 is 0. The molecule has 1 fully saturated rings. The quantitative estimate of drug-likeness (QED) is 0.675. The van der Waals surface area contributed by atoms with Crippen LogP contribution >= 0.6 is 0 Å². The third kappa shape index (κ3) is 4.59. The van der Waals surface area contributed by atoms with Crippen molar-refractivity contribution in [1.29, 1.82) is 0 Å². The molecule has 1 aliphatic rings. The summed E-state index contributed by atoms with van der Waals surface area (Å²) in [7, 11) is 5.38. The fraction of sp³-hybridized carbons (Fsp3) is 0.625. The number of ether oxygens (including phenoxy) is 2. The van der Waals surface area contributed by atoms with Crippen molar-refractivity contribution in [2.24, 2.45) is 0 Å². The van der Waals surface area contributed by atoms with Gasteiger partial charge in [-0.2, -0.15) is 0 Å². The van der Waals surface area contributed by atoms with Crippen molar-refractivity contribution in [3.63, 3.8) is 0 Å². The van der Waals surface area contributed by atoms with Gasteiger partial charge in [-0.15, -0.1) is 0 Å². The normalized spacial score (nSPS) is 16.0. The molecule has 0 spiro atoms. The van der Waals surface area contributed by atoms with Gasteiger partial charge in [-0.25, -0.2) is 0 Å². The Morgan fingerprint density at radius 2 is 2.10 bits per heavy atom. The summed E-state index contributed by atoms with van der Waals surface area (Å²) in [5, 5.41) is 13.6. The largest absolute Gasteiger partial charge is 0.497 e. The van der Waals surface area contributed by atoms with Gasteiger partial charge in [0.25, 0.3) is 0 Å². The molecule has 0 aromatic heterocycles. The van der Waals surface area contributed by atoms with Crippen LogP contribution in [0.3, 0.4) is 0 Å². The molecule has 2 N–H and O–H groups in total. The number of hydrogen-bond acceptors (Lipinski definition) is 5. The van der Waals surface area contributed by atoms with Gasteiger partial charge in [0.15, 0.2) is 0 Å². The van der Waals surface area contributed by atoms with Gasteiger partial charge in [0.1, 0.15) is 11.5 Å². The topological polar surface area (TPSA) is 54.0 Å². The van der Waals surface area contributed by atoms with Gasteiger partial charge < -0.3 is 24.8 Å². The van der Waals surface area contributed by atoms with Crippen molar-refractivity contribution in [1.82, 2.24) is 10.2 Å². The predicted molar refractivity (Wildman–Crippen MR) is 83.0 cm³/mol. The summed E-state index contributed by atoms with van der Waals surface area (Å²) in [6.45, 7) is 2.38.